The van der Waals surface area contributed by atoms with Crippen molar-refractivity contribution in [2.45, 2.75) is 76.8 Å². The number of sulfonamides is 1. The Morgan fingerprint density at radius 3 is 2.09 bits per heavy atom. The number of likely N-dealkylation sites (tertiary alicyclic amines) is 1. The number of hydrogen-bond acceptors (Lipinski definition) is 3. The molecule has 1 spiro atoms. The van der Waals surface area contributed by atoms with E-state index < -0.39 is 10.0 Å². The summed E-state index contributed by atoms with van der Waals surface area (Å²) in [5, 5.41) is 0. The van der Waals surface area contributed by atoms with E-state index in [1.807, 2.05) is 0 Å². The van der Waals surface area contributed by atoms with Crippen LogP contribution in [0.25, 0.3) is 0 Å². The van der Waals surface area contributed by atoms with Gasteiger partial charge in [0.15, 0.2) is 0 Å². The van der Waals surface area contributed by atoms with E-state index in [0.29, 0.717) is 0 Å². The van der Waals surface area contributed by atoms with Gasteiger partial charge in [0.25, 0.3) is 0 Å². The van der Waals surface area contributed by atoms with E-state index in [-0.39, 0.29) is 11.0 Å². The molecule has 4 nitrogen and oxygen atoms in total. The molecule has 3 rings (SSSR count). The molecule has 2 heterocycles. The molecule has 0 bridgehead atoms. The van der Waals surface area contributed by atoms with E-state index in [2.05, 4.69) is 18.7 Å². The zero-order valence-corrected chi connectivity index (χ0v) is 15.3. The summed E-state index contributed by atoms with van der Waals surface area (Å²) in [6.45, 7) is 7.25. The van der Waals surface area contributed by atoms with Gasteiger partial charge < -0.3 is 4.90 Å². The Labute approximate surface area is 136 Å². The molecule has 3 aliphatic rings. The van der Waals surface area contributed by atoms with E-state index in [0.717, 1.165) is 19.0 Å². The second-order valence-electron chi connectivity index (χ2n) is 8.59. The summed E-state index contributed by atoms with van der Waals surface area (Å²) in [7, 11) is -3.10. The standard InChI is InChI=1S/C17H32N2O2S/c1-16(2)13-17(14-19(16)22(3,20)21)9-11-18(12-10-17)15-7-5-4-6-8-15/h15H,4-14H2,1-3H3. The number of hydrogen-bond donors (Lipinski definition) is 0. The van der Waals surface area contributed by atoms with Crippen molar-refractivity contribution >= 4 is 10.0 Å². The van der Waals surface area contributed by atoms with Crippen molar-refractivity contribution in [1.82, 2.24) is 9.21 Å². The first kappa shape index (κ1) is 16.7. The van der Waals surface area contributed by atoms with Crippen molar-refractivity contribution in [3.05, 3.63) is 0 Å². The van der Waals surface area contributed by atoms with Crippen LogP contribution >= 0.6 is 0 Å². The molecule has 128 valence electrons. The molecule has 0 amide bonds. The van der Waals surface area contributed by atoms with Crippen LogP contribution in [0.4, 0.5) is 0 Å². The normalized spacial score (nSPS) is 30.9. The predicted octanol–water partition coefficient (Wildman–Crippen LogP) is 2.85. The van der Waals surface area contributed by atoms with Crippen LogP contribution in [0.15, 0.2) is 0 Å². The lowest BCUT2D eigenvalue weighted by molar-refractivity contribution is 0.0641. The van der Waals surface area contributed by atoms with Gasteiger partial charge in [-0.05, 0) is 64.5 Å². The van der Waals surface area contributed by atoms with Gasteiger partial charge >= 0.3 is 0 Å². The molecule has 0 aromatic heterocycles. The van der Waals surface area contributed by atoms with Crippen LogP contribution in [-0.2, 0) is 10.0 Å². The van der Waals surface area contributed by atoms with Gasteiger partial charge in [-0.25, -0.2) is 8.42 Å². The van der Waals surface area contributed by atoms with Crippen molar-refractivity contribution in [2.75, 3.05) is 25.9 Å². The highest BCUT2D eigenvalue weighted by Gasteiger charge is 2.52. The fourth-order valence-electron chi connectivity index (χ4n) is 5.29. The first-order valence-corrected chi connectivity index (χ1v) is 10.8. The van der Waals surface area contributed by atoms with Crippen molar-refractivity contribution in [1.29, 1.82) is 0 Å². The summed E-state index contributed by atoms with van der Waals surface area (Å²) in [5.41, 5.74) is -0.00165. The Morgan fingerprint density at radius 2 is 1.59 bits per heavy atom. The summed E-state index contributed by atoms with van der Waals surface area (Å²) in [5.74, 6) is 0. The van der Waals surface area contributed by atoms with E-state index >= 15 is 0 Å². The van der Waals surface area contributed by atoms with Gasteiger partial charge in [-0.1, -0.05) is 19.3 Å². The van der Waals surface area contributed by atoms with Crippen LogP contribution < -0.4 is 0 Å². The smallest absolute Gasteiger partial charge is 0.211 e. The maximum atomic E-state index is 12.1. The maximum Gasteiger partial charge on any atom is 0.211 e. The van der Waals surface area contributed by atoms with Gasteiger partial charge in [0, 0.05) is 18.1 Å². The Morgan fingerprint density at radius 1 is 1.00 bits per heavy atom. The summed E-state index contributed by atoms with van der Waals surface area (Å²) in [6, 6.07) is 0.798. The highest BCUT2D eigenvalue weighted by Crippen LogP contribution is 2.49. The molecule has 1 saturated carbocycles. The molecule has 0 aromatic rings. The number of nitrogens with zero attached hydrogens (tertiary/aromatic N) is 2. The van der Waals surface area contributed by atoms with Crippen LogP contribution in [0.5, 0.6) is 0 Å². The summed E-state index contributed by atoms with van der Waals surface area (Å²) >= 11 is 0. The Hall–Kier alpha value is -0.130. The quantitative estimate of drug-likeness (QED) is 0.782. The molecule has 5 heteroatoms. The fourth-order valence-corrected chi connectivity index (χ4v) is 6.76. The topological polar surface area (TPSA) is 40.6 Å². The highest BCUT2D eigenvalue weighted by molar-refractivity contribution is 7.88. The average molecular weight is 329 g/mol. The van der Waals surface area contributed by atoms with Crippen molar-refractivity contribution in [3.8, 4) is 0 Å². The first-order valence-electron chi connectivity index (χ1n) is 8.94. The number of rotatable bonds is 2. The molecule has 0 N–H and O–H groups in total. The second-order valence-corrected chi connectivity index (χ2v) is 10.5. The zero-order valence-electron chi connectivity index (χ0n) is 14.5. The van der Waals surface area contributed by atoms with Crippen LogP contribution in [0.1, 0.15) is 65.2 Å². The molecule has 1 aliphatic carbocycles. The van der Waals surface area contributed by atoms with Crippen LogP contribution in [0.2, 0.25) is 0 Å². The van der Waals surface area contributed by atoms with Gasteiger partial charge in [0.1, 0.15) is 0 Å². The minimum Gasteiger partial charge on any atom is -0.300 e. The van der Waals surface area contributed by atoms with E-state index in [1.165, 1.54) is 64.3 Å². The van der Waals surface area contributed by atoms with E-state index in [1.54, 1.807) is 4.31 Å². The second kappa shape index (κ2) is 5.75. The summed E-state index contributed by atoms with van der Waals surface area (Å²) < 4.78 is 26.0. The van der Waals surface area contributed by atoms with E-state index in [9.17, 15) is 8.42 Å². The van der Waals surface area contributed by atoms with Crippen molar-refractivity contribution < 1.29 is 8.42 Å². The van der Waals surface area contributed by atoms with Gasteiger partial charge in [0.05, 0.1) is 6.26 Å². The average Bonchev–Trinajstić information content (AvgIpc) is 2.72. The van der Waals surface area contributed by atoms with Crippen LogP contribution in [-0.4, -0.2) is 55.1 Å². The zero-order chi connectivity index (χ0) is 16.0. The molecule has 22 heavy (non-hydrogen) atoms. The van der Waals surface area contributed by atoms with Crippen molar-refractivity contribution in [3.63, 3.8) is 0 Å². The predicted molar refractivity (Wildman–Crippen MR) is 90.4 cm³/mol. The minimum atomic E-state index is -3.10. The SMILES string of the molecule is CC1(C)CC2(CCN(C3CCCCC3)CC2)CN1S(C)(=O)=O. The lowest BCUT2D eigenvalue weighted by Crippen LogP contribution is -2.47. The third-order valence-corrected chi connectivity index (χ3v) is 7.74. The summed E-state index contributed by atoms with van der Waals surface area (Å²) in [4.78, 5) is 2.69. The fraction of sp³-hybridized carbons (Fsp3) is 1.00. The lowest BCUT2D eigenvalue weighted by Gasteiger charge is -2.44. The van der Waals surface area contributed by atoms with Gasteiger partial charge in [-0.15, -0.1) is 0 Å². The Balaban J connectivity index is 1.65. The van der Waals surface area contributed by atoms with Crippen molar-refractivity contribution in [2.24, 2.45) is 5.41 Å². The lowest BCUT2D eigenvalue weighted by atomic mass is 9.74. The molecule has 2 saturated heterocycles. The van der Waals surface area contributed by atoms with Crippen LogP contribution in [0.3, 0.4) is 0 Å². The molecular weight excluding hydrogens is 296 g/mol. The molecule has 0 unspecified atom stereocenters. The minimum absolute atomic E-state index is 0.220. The molecule has 3 fully saturated rings. The molecule has 2 aliphatic heterocycles. The van der Waals surface area contributed by atoms with Gasteiger partial charge in [0.2, 0.25) is 10.0 Å². The maximum absolute atomic E-state index is 12.1. The first-order chi connectivity index (χ1) is 10.2. The summed E-state index contributed by atoms with van der Waals surface area (Å²) in [6.07, 6.45) is 11.6. The molecule has 0 atom stereocenters. The van der Waals surface area contributed by atoms with Gasteiger partial charge in [-0.3, -0.25) is 0 Å². The molecule has 0 radical (unpaired) electrons. The largest absolute Gasteiger partial charge is 0.300 e. The highest BCUT2D eigenvalue weighted by atomic mass is 32.2. The Kier molecular flexibility index (Phi) is 4.37. The monoisotopic (exact) mass is 328 g/mol. The van der Waals surface area contributed by atoms with Crippen LogP contribution in [0, 0.1) is 5.41 Å². The Bertz CT molecular complexity index is 501. The third-order valence-electron chi connectivity index (χ3n) is 6.31. The third kappa shape index (κ3) is 3.22. The van der Waals surface area contributed by atoms with Gasteiger partial charge in [-0.2, -0.15) is 4.31 Å². The molecule has 0 aromatic carbocycles. The van der Waals surface area contributed by atoms with E-state index in [4.69, 9.17) is 0 Å². The molecular formula is C17H32N2O2S. The number of piperidine rings is 1.